The third kappa shape index (κ3) is 3.58. The number of ether oxygens (including phenoxy) is 1. The molecule has 0 unspecified atom stereocenters. The van der Waals surface area contributed by atoms with Gasteiger partial charge in [0.1, 0.15) is 6.61 Å². The Morgan fingerprint density at radius 2 is 1.70 bits per heavy atom. The van der Waals surface area contributed by atoms with Crippen LogP contribution in [0.4, 0.5) is 0 Å². The van der Waals surface area contributed by atoms with Gasteiger partial charge in [0.2, 0.25) is 0 Å². The second kappa shape index (κ2) is 7.50. The van der Waals surface area contributed by atoms with E-state index in [1.165, 1.54) is 23.1 Å². The molecule has 8 heteroatoms. The number of thiazole rings is 1. The highest BCUT2D eigenvalue weighted by atomic mass is 32.2. The molecule has 0 aliphatic carbocycles. The average molecular weight is 398 g/mol. The van der Waals surface area contributed by atoms with Crippen LogP contribution in [0.15, 0.2) is 52.9 Å². The molecular formula is C19H14N2O4S2. The average Bonchev–Trinajstić information content (AvgIpc) is 3.21. The van der Waals surface area contributed by atoms with Gasteiger partial charge in [-0.3, -0.25) is 19.3 Å². The second-order valence-electron chi connectivity index (χ2n) is 5.76. The molecule has 0 bridgehead atoms. The molecule has 136 valence electrons. The molecule has 0 radical (unpaired) electrons. The summed E-state index contributed by atoms with van der Waals surface area (Å²) < 4.78 is 7.03. The van der Waals surface area contributed by atoms with E-state index in [2.05, 4.69) is 4.98 Å². The molecule has 0 saturated carbocycles. The molecule has 4 rings (SSSR count). The zero-order chi connectivity index (χ0) is 18.8. The van der Waals surface area contributed by atoms with Crippen molar-refractivity contribution in [1.29, 1.82) is 0 Å². The van der Waals surface area contributed by atoms with Crippen LogP contribution in [0.2, 0.25) is 0 Å². The number of esters is 1. The molecule has 27 heavy (non-hydrogen) atoms. The van der Waals surface area contributed by atoms with Crippen molar-refractivity contribution in [2.45, 2.75) is 4.34 Å². The molecule has 2 amide bonds. The summed E-state index contributed by atoms with van der Waals surface area (Å²) >= 11 is 2.84. The first kappa shape index (κ1) is 17.7. The minimum atomic E-state index is -0.407. The summed E-state index contributed by atoms with van der Waals surface area (Å²) in [6, 6.07) is 14.5. The van der Waals surface area contributed by atoms with Crippen molar-refractivity contribution in [3.8, 4) is 0 Å². The van der Waals surface area contributed by atoms with Gasteiger partial charge in [0.25, 0.3) is 11.8 Å². The molecule has 0 saturated heterocycles. The van der Waals surface area contributed by atoms with Crippen molar-refractivity contribution >= 4 is 51.1 Å². The highest BCUT2D eigenvalue weighted by Gasteiger charge is 2.34. The van der Waals surface area contributed by atoms with Crippen molar-refractivity contribution in [1.82, 2.24) is 9.88 Å². The Bertz CT molecular complexity index is 979. The van der Waals surface area contributed by atoms with E-state index in [4.69, 9.17) is 4.74 Å². The molecule has 1 aromatic heterocycles. The van der Waals surface area contributed by atoms with Crippen LogP contribution in [-0.2, 0) is 9.53 Å². The molecule has 0 fully saturated rings. The fourth-order valence-electron chi connectivity index (χ4n) is 2.77. The van der Waals surface area contributed by atoms with Gasteiger partial charge in [-0.05, 0) is 24.3 Å². The third-order valence-corrected chi connectivity index (χ3v) is 6.20. The van der Waals surface area contributed by atoms with Crippen LogP contribution in [0.25, 0.3) is 10.2 Å². The van der Waals surface area contributed by atoms with Crippen molar-refractivity contribution in [3.05, 3.63) is 59.7 Å². The number of amides is 2. The van der Waals surface area contributed by atoms with Gasteiger partial charge in [-0.2, -0.15) is 0 Å². The topological polar surface area (TPSA) is 76.6 Å². The number of hydrogen-bond acceptors (Lipinski definition) is 7. The number of para-hydroxylation sites is 1. The fraction of sp³-hybridized carbons (Fsp3) is 0.158. The summed E-state index contributed by atoms with van der Waals surface area (Å²) in [5, 5.41) is 0. The number of imide groups is 1. The maximum Gasteiger partial charge on any atom is 0.316 e. The van der Waals surface area contributed by atoms with Crippen LogP contribution < -0.4 is 0 Å². The maximum atomic E-state index is 12.2. The first-order valence-electron chi connectivity index (χ1n) is 8.23. The molecule has 0 atom stereocenters. The van der Waals surface area contributed by atoms with Gasteiger partial charge in [0.05, 0.1) is 33.6 Å². The normalized spacial score (nSPS) is 13.3. The lowest BCUT2D eigenvalue weighted by Gasteiger charge is -2.13. The van der Waals surface area contributed by atoms with E-state index in [9.17, 15) is 14.4 Å². The molecule has 1 aliphatic rings. The van der Waals surface area contributed by atoms with Crippen molar-refractivity contribution < 1.29 is 19.1 Å². The Balaban J connectivity index is 1.26. The van der Waals surface area contributed by atoms with E-state index in [0.29, 0.717) is 11.1 Å². The lowest BCUT2D eigenvalue weighted by Crippen LogP contribution is -2.33. The number of thioether (sulfide) groups is 1. The second-order valence-corrected chi connectivity index (χ2v) is 8.02. The van der Waals surface area contributed by atoms with E-state index in [0.717, 1.165) is 19.5 Å². The van der Waals surface area contributed by atoms with Crippen molar-refractivity contribution in [3.63, 3.8) is 0 Å². The minimum absolute atomic E-state index is 0.0231. The van der Waals surface area contributed by atoms with Crippen LogP contribution in [-0.4, -0.2) is 46.6 Å². The molecule has 2 heterocycles. The van der Waals surface area contributed by atoms with Crippen LogP contribution in [0, 0.1) is 0 Å². The Morgan fingerprint density at radius 3 is 2.41 bits per heavy atom. The number of nitrogens with zero attached hydrogens (tertiary/aromatic N) is 2. The van der Waals surface area contributed by atoms with Crippen molar-refractivity contribution in [2.24, 2.45) is 0 Å². The predicted molar refractivity (Wildman–Crippen MR) is 103 cm³/mol. The summed E-state index contributed by atoms with van der Waals surface area (Å²) in [4.78, 5) is 42.0. The van der Waals surface area contributed by atoms with Crippen LogP contribution in [0.3, 0.4) is 0 Å². The highest BCUT2D eigenvalue weighted by Crippen LogP contribution is 2.29. The molecule has 0 spiro atoms. The monoisotopic (exact) mass is 398 g/mol. The van der Waals surface area contributed by atoms with E-state index in [1.807, 2.05) is 24.3 Å². The number of fused-ring (bicyclic) bond motifs is 2. The Kier molecular flexibility index (Phi) is 4.91. The van der Waals surface area contributed by atoms with Crippen LogP contribution >= 0.6 is 23.1 Å². The number of carbonyl (C=O) groups is 3. The summed E-state index contributed by atoms with van der Waals surface area (Å²) in [6.07, 6.45) is 0. The molecule has 6 nitrogen and oxygen atoms in total. The molecule has 0 N–H and O–H groups in total. The lowest BCUT2D eigenvalue weighted by atomic mass is 10.1. The molecule has 3 aromatic rings. The smallest absolute Gasteiger partial charge is 0.316 e. The summed E-state index contributed by atoms with van der Waals surface area (Å²) in [6.45, 7) is 0.0224. The summed E-state index contributed by atoms with van der Waals surface area (Å²) in [7, 11) is 0. The van der Waals surface area contributed by atoms with Gasteiger partial charge >= 0.3 is 5.97 Å². The Hall–Kier alpha value is -2.71. The summed E-state index contributed by atoms with van der Waals surface area (Å²) in [5.41, 5.74) is 1.68. The number of hydrogen-bond donors (Lipinski definition) is 0. The zero-order valence-corrected chi connectivity index (χ0v) is 15.7. The number of carbonyl (C=O) groups excluding carboxylic acids is 3. The maximum absolute atomic E-state index is 12.2. The fourth-order valence-corrected chi connectivity index (χ4v) is 4.63. The number of rotatable bonds is 6. The molecule has 2 aromatic carbocycles. The molecule has 1 aliphatic heterocycles. The highest BCUT2D eigenvalue weighted by molar-refractivity contribution is 8.01. The van der Waals surface area contributed by atoms with E-state index in [1.54, 1.807) is 24.3 Å². The minimum Gasteiger partial charge on any atom is -0.463 e. The van der Waals surface area contributed by atoms with Crippen LogP contribution in [0.1, 0.15) is 20.7 Å². The lowest BCUT2D eigenvalue weighted by molar-refractivity contribution is -0.140. The van der Waals surface area contributed by atoms with Crippen molar-refractivity contribution in [2.75, 3.05) is 18.9 Å². The van der Waals surface area contributed by atoms with Gasteiger partial charge < -0.3 is 4.74 Å². The van der Waals surface area contributed by atoms with Gasteiger partial charge in [0, 0.05) is 0 Å². The Morgan fingerprint density at radius 1 is 1.04 bits per heavy atom. The quantitative estimate of drug-likeness (QED) is 0.360. The van der Waals surface area contributed by atoms with E-state index >= 15 is 0 Å². The zero-order valence-electron chi connectivity index (χ0n) is 14.1. The Labute approximate surface area is 163 Å². The van der Waals surface area contributed by atoms with Gasteiger partial charge in [-0.25, -0.2) is 4.98 Å². The van der Waals surface area contributed by atoms with E-state index in [-0.39, 0.29) is 30.7 Å². The predicted octanol–water partition coefficient (Wildman–Crippen LogP) is 3.23. The van der Waals surface area contributed by atoms with Crippen LogP contribution in [0.5, 0.6) is 0 Å². The third-order valence-electron chi connectivity index (χ3n) is 4.04. The van der Waals surface area contributed by atoms with Gasteiger partial charge in [0.15, 0.2) is 4.34 Å². The largest absolute Gasteiger partial charge is 0.463 e. The number of benzene rings is 2. The van der Waals surface area contributed by atoms with Gasteiger partial charge in [-0.15, -0.1) is 11.3 Å². The summed E-state index contributed by atoms with van der Waals surface area (Å²) in [5.74, 6) is -0.982. The SMILES string of the molecule is O=C(CSc1nc2ccccc2s1)OCCN1C(=O)c2ccccc2C1=O. The number of aromatic nitrogens is 1. The first-order valence-corrected chi connectivity index (χ1v) is 10.0. The molecular weight excluding hydrogens is 384 g/mol. The first-order chi connectivity index (χ1) is 13.1. The standard InChI is InChI=1S/C19H14N2O4S2/c22-16(11-26-19-20-14-7-3-4-8-15(14)27-19)25-10-9-21-17(23)12-5-1-2-6-13(12)18(21)24/h1-8H,9-11H2. The van der Waals surface area contributed by atoms with E-state index < -0.39 is 5.97 Å². The van der Waals surface area contributed by atoms with Gasteiger partial charge in [-0.1, -0.05) is 36.0 Å².